The molecule has 0 fully saturated rings. The van der Waals surface area contributed by atoms with E-state index in [0.29, 0.717) is 18.8 Å². The van der Waals surface area contributed by atoms with Gasteiger partial charge in [0.15, 0.2) is 5.03 Å². The number of H-pyrrole nitrogens is 2. The molecular formula is C11H17N3O4S. The van der Waals surface area contributed by atoms with Crippen molar-refractivity contribution in [3.05, 3.63) is 20.8 Å². The molecule has 19 heavy (non-hydrogen) atoms. The van der Waals surface area contributed by atoms with E-state index in [0.717, 1.165) is 19.3 Å². The molecule has 0 spiro atoms. The Morgan fingerprint density at radius 2 is 2.11 bits per heavy atom. The van der Waals surface area contributed by atoms with Gasteiger partial charge in [-0.25, -0.2) is 9.89 Å². The van der Waals surface area contributed by atoms with Crippen molar-refractivity contribution in [3.8, 4) is 0 Å². The predicted octanol–water partition coefficient (Wildman–Crippen LogP) is 0.674. The fraction of sp³-hybridized carbons (Fsp3) is 0.636. The summed E-state index contributed by atoms with van der Waals surface area (Å²) >= 11 is 1.28. The molecule has 0 saturated heterocycles. The number of nitrogens with zero attached hydrogens (tertiary/aromatic N) is 1. The predicted molar refractivity (Wildman–Crippen MR) is 71.3 cm³/mol. The van der Waals surface area contributed by atoms with E-state index in [1.54, 1.807) is 6.92 Å². The summed E-state index contributed by atoms with van der Waals surface area (Å²) in [6.45, 7) is 2.19. The second-order valence-corrected chi connectivity index (χ2v) is 4.86. The zero-order valence-corrected chi connectivity index (χ0v) is 11.5. The van der Waals surface area contributed by atoms with E-state index in [9.17, 15) is 14.4 Å². The van der Waals surface area contributed by atoms with Crippen molar-refractivity contribution in [3.63, 3.8) is 0 Å². The number of aromatic amines is 2. The maximum absolute atomic E-state index is 11.3. The van der Waals surface area contributed by atoms with Gasteiger partial charge in [0.1, 0.15) is 0 Å². The van der Waals surface area contributed by atoms with Crippen LogP contribution in [0, 0.1) is 0 Å². The Bertz CT molecular complexity index is 511. The molecule has 0 amide bonds. The molecule has 1 rings (SSSR count). The van der Waals surface area contributed by atoms with E-state index < -0.39 is 11.2 Å². The first kappa shape index (κ1) is 15.5. The van der Waals surface area contributed by atoms with Gasteiger partial charge in [0.05, 0.1) is 6.61 Å². The lowest BCUT2D eigenvalue weighted by atomic mass is 10.2. The molecular weight excluding hydrogens is 270 g/mol. The molecule has 1 heterocycles. The molecule has 1 aromatic heterocycles. The third kappa shape index (κ3) is 6.23. The number of esters is 1. The maximum Gasteiger partial charge on any atom is 0.342 e. The summed E-state index contributed by atoms with van der Waals surface area (Å²) in [5.41, 5.74) is -1.08. The zero-order chi connectivity index (χ0) is 14.1. The van der Waals surface area contributed by atoms with Crippen molar-refractivity contribution in [1.82, 2.24) is 15.2 Å². The molecule has 0 saturated carbocycles. The zero-order valence-electron chi connectivity index (χ0n) is 10.7. The van der Waals surface area contributed by atoms with Crippen LogP contribution < -0.4 is 11.2 Å². The summed E-state index contributed by atoms with van der Waals surface area (Å²) < 4.78 is 4.81. The summed E-state index contributed by atoms with van der Waals surface area (Å²) in [6, 6.07) is 0. The molecule has 0 aliphatic rings. The first-order chi connectivity index (χ1) is 9.13. The number of carbonyl (C=O) groups excluding carboxylic acids is 1. The van der Waals surface area contributed by atoms with Gasteiger partial charge in [-0.05, 0) is 25.5 Å². The Hall–Kier alpha value is -1.57. The number of rotatable bonds is 8. The van der Waals surface area contributed by atoms with Gasteiger partial charge >= 0.3 is 11.7 Å². The van der Waals surface area contributed by atoms with Crippen LogP contribution in [0.15, 0.2) is 14.6 Å². The monoisotopic (exact) mass is 287 g/mol. The Labute approximate surface area is 114 Å². The number of thioether (sulfide) groups is 1. The molecule has 8 heteroatoms. The summed E-state index contributed by atoms with van der Waals surface area (Å²) in [6.07, 6.45) is 2.95. The SMILES string of the molecule is CCOC(=O)CCCCCSc1n[nH]c(=O)[nH]c1=O. The van der Waals surface area contributed by atoms with E-state index in [2.05, 4.69) is 15.2 Å². The molecule has 0 aromatic carbocycles. The number of hydrogen-bond donors (Lipinski definition) is 2. The standard InChI is InChI=1S/C11H17N3O4S/c1-2-18-8(15)6-4-3-5-7-19-10-9(16)12-11(17)14-13-10/h2-7H2,1H3,(H2,12,14,16,17). The van der Waals surface area contributed by atoms with Crippen LogP contribution >= 0.6 is 11.8 Å². The lowest BCUT2D eigenvalue weighted by molar-refractivity contribution is -0.143. The normalized spacial score (nSPS) is 10.4. The Morgan fingerprint density at radius 3 is 2.79 bits per heavy atom. The van der Waals surface area contributed by atoms with Crippen LogP contribution in [0.3, 0.4) is 0 Å². The van der Waals surface area contributed by atoms with Crippen molar-refractivity contribution >= 4 is 17.7 Å². The first-order valence-corrected chi connectivity index (χ1v) is 7.09. The van der Waals surface area contributed by atoms with E-state index in [4.69, 9.17) is 4.74 Å². The van der Waals surface area contributed by atoms with E-state index >= 15 is 0 Å². The average molecular weight is 287 g/mol. The summed E-state index contributed by atoms with van der Waals surface area (Å²) in [5, 5.41) is 6.09. The minimum atomic E-state index is -0.608. The Morgan fingerprint density at radius 1 is 1.32 bits per heavy atom. The fourth-order valence-corrected chi connectivity index (χ4v) is 2.22. The molecule has 0 aliphatic carbocycles. The molecule has 106 valence electrons. The number of carbonyl (C=O) groups is 1. The molecule has 0 unspecified atom stereocenters. The third-order valence-electron chi connectivity index (χ3n) is 2.25. The minimum absolute atomic E-state index is 0.172. The molecule has 0 bridgehead atoms. The van der Waals surface area contributed by atoms with Crippen molar-refractivity contribution in [2.45, 2.75) is 37.6 Å². The summed E-state index contributed by atoms with van der Waals surface area (Å²) in [4.78, 5) is 35.2. The topological polar surface area (TPSA) is 105 Å². The number of unbranched alkanes of at least 4 members (excludes halogenated alkanes) is 2. The van der Waals surface area contributed by atoms with Gasteiger partial charge in [0.2, 0.25) is 0 Å². The van der Waals surface area contributed by atoms with Gasteiger partial charge in [0.25, 0.3) is 5.56 Å². The number of nitrogens with one attached hydrogen (secondary N) is 2. The quantitative estimate of drug-likeness (QED) is 0.414. The number of ether oxygens (including phenoxy) is 1. The van der Waals surface area contributed by atoms with Gasteiger partial charge in [-0.2, -0.15) is 5.10 Å². The third-order valence-corrected chi connectivity index (χ3v) is 3.29. The highest BCUT2D eigenvalue weighted by molar-refractivity contribution is 7.99. The Balaban J connectivity index is 2.16. The van der Waals surface area contributed by atoms with Crippen LogP contribution in [0.4, 0.5) is 0 Å². The lowest BCUT2D eigenvalue weighted by Crippen LogP contribution is -2.25. The van der Waals surface area contributed by atoms with Gasteiger partial charge < -0.3 is 4.74 Å². The van der Waals surface area contributed by atoms with Crippen molar-refractivity contribution in [2.75, 3.05) is 12.4 Å². The van der Waals surface area contributed by atoms with Crippen molar-refractivity contribution in [1.29, 1.82) is 0 Å². The molecule has 0 atom stereocenters. The average Bonchev–Trinajstić information content (AvgIpc) is 2.36. The fourth-order valence-electron chi connectivity index (χ4n) is 1.38. The number of hydrogen-bond acceptors (Lipinski definition) is 6. The molecule has 2 N–H and O–H groups in total. The molecule has 7 nitrogen and oxygen atoms in total. The van der Waals surface area contributed by atoms with Crippen molar-refractivity contribution in [2.24, 2.45) is 0 Å². The van der Waals surface area contributed by atoms with E-state index in [1.165, 1.54) is 11.8 Å². The van der Waals surface area contributed by atoms with Gasteiger partial charge in [0, 0.05) is 6.42 Å². The van der Waals surface area contributed by atoms with E-state index in [-0.39, 0.29) is 11.0 Å². The van der Waals surface area contributed by atoms with Gasteiger partial charge in [-0.1, -0.05) is 18.2 Å². The highest BCUT2D eigenvalue weighted by atomic mass is 32.2. The summed E-state index contributed by atoms with van der Waals surface area (Å²) in [7, 11) is 0. The van der Waals surface area contributed by atoms with Gasteiger partial charge in [-0.15, -0.1) is 0 Å². The van der Waals surface area contributed by atoms with Crippen LogP contribution in [0.1, 0.15) is 32.6 Å². The highest BCUT2D eigenvalue weighted by Crippen LogP contribution is 2.12. The molecule has 0 radical (unpaired) electrons. The number of aromatic nitrogens is 3. The van der Waals surface area contributed by atoms with Crippen LogP contribution in [0.5, 0.6) is 0 Å². The van der Waals surface area contributed by atoms with Crippen LogP contribution in [0.25, 0.3) is 0 Å². The maximum atomic E-state index is 11.3. The molecule has 0 aliphatic heterocycles. The summed E-state index contributed by atoms with van der Waals surface area (Å²) in [5.74, 6) is 0.541. The largest absolute Gasteiger partial charge is 0.466 e. The van der Waals surface area contributed by atoms with Crippen LogP contribution in [0.2, 0.25) is 0 Å². The highest BCUT2D eigenvalue weighted by Gasteiger charge is 2.04. The lowest BCUT2D eigenvalue weighted by Gasteiger charge is -2.01. The van der Waals surface area contributed by atoms with Crippen LogP contribution in [-0.4, -0.2) is 33.5 Å². The molecule has 1 aromatic rings. The Kier molecular flexibility index (Phi) is 6.94. The second-order valence-electron chi connectivity index (χ2n) is 3.78. The van der Waals surface area contributed by atoms with Crippen LogP contribution in [-0.2, 0) is 9.53 Å². The smallest absolute Gasteiger partial charge is 0.342 e. The minimum Gasteiger partial charge on any atom is -0.466 e. The second kappa shape index (κ2) is 8.52. The van der Waals surface area contributed by atoms with Gasteiger partial charge in [-0.3, -0.25) is 14.6 Å². The van der Waals surface area contributed by atoms with Crippen molar-refractivity contribution < 1.29 is 9.53 Å². The van der Waals surface area contributed by atoms with E-state index in [1.807, 2.05) is 0 Å². The first-order valence-electron chi connectivity index (χ1n) is 6.11.